The Bertz CT molecular complexity index is 1440. The van der Waals surface area contributed by atoms with Gasteiger partial charge in [0.15, 0.2) is 0 Å². The van der Waals surface area contributed by atoms with E-state index in [2.05, 4.69) is 23.9 Å². The van der Waals surface area contributed by atoms with E-state index in [0.717, 1.165) is 11.3 Å². The van der Waals surface area contributed by atoms with E-state index >= 15 is 0 Å². The van der Waals surface area contributed by atoms with E-state index in [0.29, 0.717) is 24.3 Å². The number of ether oxygens (including phenoxy) is 3. The van der Waals surface area contributed by atoms with Crippen molar-refractivity contribution in [2.45, 2.75) is 43.4 Å². The molecule has 2 aromatic rings. The molecule has 1 aliphatic carbocycles. The lowest BCUT2D eigenvalue weighted by Gasteiger charge is -2.47. The molecule has 2 fully saturated rings. The molecule has 1 amide bonds. The van der Waals surface area contributed by atoms with Crippen LogP contribution in [-0.2, 0) is 24.5 Å². The van der Waals surface area contributed by atoms with Crippen molar-refractivity contribution in [2.24, 2.45) is 5.92 Å². The standard InChI is InChI=1S/C27H25N3O8/c1-25(2)19-5-3-4-6-20(19)29(27(25)10-9-16-13-18(30(34)35)7-8-21(16)38-27)11-12-36-22(31)14-17-15-26(17)23(32)37-24(33)28-26/h3-10,13,17H,11-12,14-15H2,1-2H3,(H,28,33). The molecule has 11 nitrogen and oxygen atoms in total. The second-order valence-corrected chi connectivity index (χ2v) is 10.5. The normalized spacial score (nSPS) is 27.4. The molecule has 6 rings (SSSR count). The lowest BCUT2D eigenvalue weighted by molar-refractivity contribution is -0.384. The van der Waals surface area contributed by atoms with Crippen LogP contribution in [0.5, 0.6) is 5.75 Å². The zero-order valence-electron chi connectivity index (χ0n) is 20.8. The van der Waals surface area contributed by atoms with E-state index in [1.807, 2.05) is 41.3 Å². The third-order valence-electron chi connectivity index (χ3n) is 8.09. The van der Waals surface area contributed by atoms with Gasteiger partial charge in [0.05, 0.1) is 23.3 Å². The summed E-state index contributed by atoms with van der Waals surface area (Å²) >= 11 is 0. The monoisotopic (exact) mass is 519 g/mol. The van der Waals surface area contributed by atoms with Crippen LogP contribution in [-0.4, -0.2) is 47.4 Å². The Labute approximate surface area is 217 Å². The zero-order valence-corrected chi connectivity index (χ0v) is 20.8. The van der Waals surface area contributed by atoms with Crippen molar-refractivity contribution in [1.29, 1.82) is 0 Å². The Morgan fingerprint density at radius 3 is 2.76 bits per heavy atom. The number of nitrogens with one attached hydrogen (secondary N) is 1. The third-order valence-corrected chi connectivity index (χ3v) is 8.09. The summed E-state index contributed by atoms with van der Waals surface area (Å²) in [6, 6.07) is 12.4. The topological polar surface area (TPSA) is 137 Å². The van der Waals surface area contributed by atoms with Crippen molar-refractivity contribution in [3.63, 3.8) is 0 Å². The first-order valence-corrected chi connectivity index (χ1v) is 12.3. The molecule has 0 aromatic heterocycles. The van der Waals surface area contributed by atoms with Crippen LogP contribution >= 0.6 is 0 Å². The molecule has 2 aromatic carbocycles. The summed E-state index contributed by atoms with van der Waals surface area (Å²) < 4.78 is 16.7. The molecule has 3 heterocycles. The van der Waals surface area contributed by atoms with Crippen molar-refractivity contribution < 1.29 is 33.5 Å². The van der Waals surface area contributed by atoms with Crippen LogP contribution in [0.3, 0.4) is 0 Å². The Balaban J connectivity index is 1.20. The number of alkyl carbamates (subject to hydrolysis) is 1. The Morgan fingerprint density at radius 1 is 1.24 bits per heavy atom. The number of benzene rings is 2. The van der Waals surface area contributed by atoms with E-state index in [9.17, 15) is 24.5 Å². The second-order valence-electron chi connectivity index (χ2n) is 10.5. The molecule has 1 saturated carbocycles. The lowest BCUT2D eigenvalue weighted by atomic mass is 9.76. The molecule has 196 valence electrons. The summed E-state index contributed by atoms with van der Waals surface area (Å²) in [7, 11) is 0. The number of fused-ring (bicyclic) bond motifs is 2. The lowest BCUT2D eigenvalue weighted by Crippen LogP contribution is -2.60. The van der Waals surface area contributed by atoms with Crippen LogP contribution in [0.25, 0.3) is 6.08 Å². The van der Waals surface area contributed by atoms with E-state index in [1.165, 1.54) is 12.1 Å². The van der Waals surface area contributed by atoms with E-state index in [4.69, 9.17) is 9.47 Å². The van der Waals surface area contributed by atoms with Gasteiger partial charge in [-0.15, -0.1) is 0 Å². The van der Waals surface area contributed by atoms with Gasteiger partial charge in [-0.2, -0.15) is 0 Å². The number of amides is 1. The summed E-state index contributed by atoms with van der Waals surface area (Å²) in [5.74, 6) is -0.952. The molecule has 3 aliphatic heterocycles. The maximum absolute atomic E-state index is 12.6. The van der Waals surface area contributed by atoms with Crippen molar-refractivity contribution >= 4 is 35.5 Å². The quantitative estimate of drug-likeness (QED) is 0.263. The number of hydrogen-bond donors (Lipinski definition) is 1. The fraction of sp³-hybridized carbons (Fsp3) is 0.370. The number of cyclic esters (lactones) is 2. The van der Waals surface area contributed by atoms with Gasteiger partial charge in [0.25, 0.3) is 5.69 Å². The highest BCUT2D eigenvalue weighted by atomic mass is 16.6. The number of rotatable bonds is 6. The molecule has 3 unspecified atom stereocenters. The van der Waals surface area contributed by atoms with Crippen molar-refractivity contribution in [2.75, 3.05) is 18.1 Å². The minimum Gasteiger partial charge on any atom is -0.464 e. The molecular formula is C27H25N3O8. The zero-order chi connectivity index (χ0) is 26.9. The van der Waals surface area contributed by atoms with Crippen LogP contribution in [0.4, 0.5) is 16.2 Å². The number of carbonyl (C=O) groups excluding carboxylic acids is 3. The van der Waals surface area contributed by atoms with Gasteiger partial charge >= 0.3 is 18.0 Å². The fourth-order valence-electron chi connectivity index (χ4n) is 5.92. The first kappa shape index (κ1) is 24.0. The number of non-ortho nitro benzene ring substituents is 1. The Hall–Kier alpha value is -4.41. The van der Waals surface area contributed by atoms with Gasteiger partial charge in [-0.1, -0.05) is 18.2 Å². The van der Waals surface area contributed by atoms with Crippen LogP contribution in [0.2, 0.25) is 0 Å². The number of hydrogen-bond acceptors (Lipinski definition) is 9. The number of nitro groups is 1. The summed E-state index contributed by atoms with van der Waals surface area (Å²) in [4.78, 5) is 48.7. The predicted molar refractivity (Wildman–Crippen MR) is 133 cm³/mol. The van der Waals surface area contributed by atoms with Crippen LogP contribution < -0.4 is 15.0 Å². The molecule has 0 radical (unpaired) electrons. The average molecular weight is 520 g/mol. The molecule has 11 heteroatoms. The molecule has 3 atom stereocenters. The number of nitro benzene ring substituents is 1. The van der Waals surface area contributed by atoms with Gasteiger partial charge < -0.3 is 24.4 Å². The first-order valence-electron chi connectivity index (χ1n) is 12.3. The van der Waals surface area contributed by atoms with Gasteiger partial charge in [-0.05, 0) is 50.1 Å². The van der Waals surface area contributed by atoms with Gasteiger partial charge in [-0.3, -0.25) is 14.9 Å². The molecular weight excluding hydrogens is 494 g/mol. The highest BCUT2D eigenvalue weighted by Crippen LogP contribution is 2.55. The molecule has 38 heavy (non-hydrogen) atoms. The van der Waals surface area contributed by atoms with Gasteiger partial charge in [-0.25, -0.2) is 9.59 Å². The largest absolute Gasteiger partial charge is 0.464 e. The second kappa shape index (κ2) is 8.04. The highest BCUT2D eigenvalue weighted by molar-refractivity contribution is 6.02. The average Bonchev–Trinajstić information content (AvgIpc) is 3.43. The van der Waals surface area contributed by atoms with Crippen LogP contribution in [0, 0.1) is 16.0 Å². The SMILES string of the molecule is CC1(C)c2ccccc2N(CCOC(=O)CC2CC23NC(=O)OC3=O)C12C=Cc1cc([N+](=O)[O-])ccc1O2. The van der Waals surface area contributed by atoms with Gasteiger partial charge in [0.1, 0.15) is 17.9 Å². The summed E-state index contributed by atoms with van der Waals surface area (Å²) in [5, 5.41) is 13.7. The summed E-state index contributed by atoms with van der Waals surface area (Å²) in [5.41, 5.74) is -0.0120. The van der Waals surface area contributed by atoms with Gasteiger partial charge in [0, 0.05) is 29.3 Å². The van der Waals surface area contributed by atoms with E-state index < -0.39 is 39.6 Å². The summed E-state index contributed by atoms with van der Waals surface area (Å²) in [6.45, 7) is 4.51. The Kier molecular flexibility index (Phi) is 5.07. The van der Waals surface area contributed by atoms with Crippen molar-refractivity contribution in [3.05, 3.63) is 69.8 Å². The highest BCUT2D eigenvalue weighted by Gasteiger charge is 2.67. The fourth-order valence-corrected chi connectivity index (χ4v) is 5.92. The van der Waals surface area contributed by atoms with Crippen LogP contribution in [0.15, 0.2) is 48.5 Å². The van der Waals surface area contributed by atoms with Crippen molar-refractivity contribution in [3.8, 4) is 5.75 Å². The Morgan fingerprint density at radius 2 is 2.03 bits per heavy atom. The van der Waals surface area contributed by atoms with Crippen molar-refractivity contribution in [1.82, 2.24) is 5.32 Å². The maximum Gasteiger partial charge on any atom is 0.415 e. The molecule has 4 aliphatic rings. The van der Waals surface area contributed by atoms with Gasteiger partial charge in [0.2, 0.25) is 5.72 Å². The third kappa shape index (κ3) is 3.37. The number of carbonyl (C=O) groups is 3. The predicted octanol–water partition coefficient (Wildman–Crippen LogP) is 3.45. The number of esters is 2. The molecule has 1 saturated heterocycles. The molecule has 0 bridgehead atoms. The van der Waals surface area contributed by atoms with Crippen LogP contribution in [0.1, 0.15) is 37.8 Å². The number of anilines is 1. The minimum absolute atomic E-state index is 0.00877. The first-order chi connectivity index (χ1) is 18.1. The number of para-hydroxylation sites is 1. The molecule has 1 N–H and O–H groups in total. The van der Waals surface area contributed by atoms with E-state index in [-0.39, 0.29) is 24.6 Å². The number of nitrogens with zero attached hydrogens (tertiary/aromatic N) is 2. The van der Waals surface area contributed by atoms with E-state index in [1.54, 1.807) is 6.07 Å². The maximum atomic E-state index is 12.6. The minimum atomic E-state index is -1.10. The summed E-state index contributed by atoms with van der Waals surface area (Å²) in [6.07, 6.45) is 3.29. The smallest absolute Gasteiger partial charge is 0.415 e. The molecule has 2 spiro atoms.